The van der Waals surface area contributed by atoms with Crippen molar-refractivity contribution in [3.05, 3.63) is 29.3 Å². The second kappa shape index (κ2) is 5.23. The number of nitrogens with two attached hydrogens (primary N) is 1. The summed E-state index contributed by atoms with van der Waals surface area (Å²) in [4.78, 5) is 0. The first-order valence-electron chi connectivity index (χ1n) is 4.77. The molecule has 1 aromatic rings. The summed E-state index contributed by atoms with van der Waals surface area (Å²) in [6.45, 7) is 1.71. The molecule has 0 unspecified atom stereocenters. The van der Waals surface area contributed by atoms with Gasteiger partial charge in [-0.3, -0.25) is 0 Å². The smallest absolute Gasteiger partial charge is 0.0781 e. The van der Waals surface area contributed by atoms with Gasteiger partial charge in [-0.1, -0.05) is 12.1 Å². The summed E-state index contributed by atoms with van der Waals surface area (Å²) in [5.74, 6) is 0.665. The van der Waals surface area contributed by atoms with Crippen molar-refractivity contribution in [2.24, 2.45) is 0 Å². The van der Waals surface area contributed by atoms with Gasteiger partial charge in [-0.15, -0.1) is 11.6 Å². The zero-order chi connectivity index (χ0) is 10.6. The van der Waals surface area contributed by atoms with Gasteiger partial charge in [-0.2, -0.15) is 0 Å². The van der Waals surface area contributed by atoms with Crippen LogP contribution in [-0.2, 0) is 6.42 Å². The Morgan fingerprint density at radius 3 is 2.71 bits per heavy atom. The highest BCUT2D eigenvalue weighted by atomic mass is 35.5. The monoisotopic (exact) mass is 213 g/mol. The first kappa shape index (κ1) is 11.3. The number of rotatable bonds is 4. The van der Waals surface area contributed by atoms with Crippen LogP contribution in [0.1, 0.15) is 30.6 Å². The number of anilines is 1. The predicted octanol–water partition coefficient (Wildman–Crippen LogP) is 2.49. The minimum Gasteiger partial charge on any atom is -0.398 e. The molecule has 0 amide bonds. The van der Waals surface area contributed by atoms with Crippen molar-refractivity contribution in [3.8, 4) is 0 Å². The lowest BCUT2D eigenvalue weighted by Gasteiger charge is -2.10. The average Bonchev–Trinajstić information content (AvgIpc) is 2.14. The lowest BCUT2D eigenvalue weighted by atomic mass is 10.0. The molecule has 1 atom stereocenters. The normalized spacial score (nSPS) is 12.8. The van der Waals surface area contributed by atoms with Gasteiger partial charge in [0.05, 0.1) is 6.10 Å². The van der Waals surface area contributed by atoms with Crippen molar-refractivity contribution in [2.45, 2.75) is 25.9 Å². The van der Waals surface area contributed by atoms with E-state index in [0.717, 1.165) is 18.4 Å². The largest absolute Gasteiger partial charge is 0.398 e. The summed E-state index contributed by atoms with van der Waals surface area (Å²) < 4.78 is 0. The number of benzene rings is 1. The predicted molar refractivity (Wildman–Crippen MR) is 60.5 cm³/mol. The Bertz CT molecular complexity index is 299. The van der Waals surface area contributed by atoms with Crippen LogP contribution >= 0.6 is 11.6 Å². The minimum absolute atomic E-state index is 0.503. The summed E-state index contributed by atoms with van der Waals surface area (Å²) in [6, 6.07) is 5.78. The summed E-state index contributed by atoms with van der Waals surface area (Å²) in [6.07, 6.45) is 1.39. The summed E-state index contributed by atoms with van der Waals surface area (Å²) in [5, 5.41) is 9.37. The third-order valence-electron chi connectivity index (χ3n) is 2.20. The first-order chi connectivity index (χ1) is 6.65. The van der Waals surface area contributed by atoms with Gasteiger partial charge in [0.1, 0.15) is 0 Å². The third kappa shape index (κ3) is 2.89. The number of aliphatic hydroxyl groups is 1. The van der Waals surface area contributed by atoms with E-state index in [4.69, 9.17) is 17.3 Å². The average molecular weight is 214 g/mol. The fraction of sp³-hybridized carbons (Fsp3) is 0.455. The molecule has 2 nitrogen and oxygen atoms in total. The molecule has 3 heteroatoms. The van der Waals surface area contributed by atoms with Gasteiger partial charge in [-0.05, 0) is 31.4 Å². The molecule has 0 bridgehead atoms. The van der Waals surface area contributed by atoms with Crippen molar-refractivity contribution < 1.29 is 5.11 Å². The van der Waals surface area contributed by atoms with Crippen LogP contribution in [0.4, 0.5) is 5.69 Å². The van der Waals surface area contributed by atoms with Crippen LogP contribution < -0.4 is 5.73 Å². The highest BCUT2D eigenvalue weighted by Gasteiger charge is 2.05. The first-order valence-corrected chi connectivity index (χ1v) is 5.31. The van der Waals surface area contributed by atoms with Gasteiger partial charge in [0.15, 0.2) is 0 Å². The van der Waals surface area contributed by atoms with E-state index in [2.05, 4.69) is 0 Å². The molecule has 0 saturated heterocycles. The highest BCUT2D eigenvalue weighted by molar-refractivity contribution is 6.17. The number of alkyl halides is 1. The molecule has 0 aromatic heterocycles. The summed E-state index contributed by atoms with van der Waals surface area (Å²) >= 11 is 5.60. The molecule has 0 fully saturated rings. The summed E-state index contributed by atoms with van der Waals surface area (Å²) in [5.41, 5.74) is 8.43. The Balaban J connectivity index is 2.78. The van der Waals surface area contributed by atoms with Crippen LogP contribution in [-0.4, -0.2) is 11.0 Å². The molecule has 0 spiro atoms. The van der Waals surface area contributed by atoms with Gasteiger partial charge >= 0.3 is 0 Å². The van der Waals surface area contributed by atoms with Crippen molar-refractivity contribution >= 4 is 17.3 Å². The van der Waals surface area contributed by atoms with E-state index in [0.29, 0.717) is 11.6 Å². The molecule has 0 radical (unpaired) electrons. The molecule has 1 aromatic carbocycles. The zero-order valence-corrected chi connectivity index (χ0v) is 9.09. The Hall–Kier alpha value is -0.730. The van der Waals surface area contributed by atoms with Crippen LogP contribution in [0.15, 0.2) is 18.2 Å². The van der Waals surface area contributed by atoms with Gasteiger partial charge in [-0.25, -0.2) is 0 Å². The molecule has 0 aliphatic rings. The molecule has 3 N–H and O–H groups in total. The van der Waals surface area contributed by atoms with Gasteiger partial charge in [0, 0.05) is 17.1 Å². The van der Waals surface area contributed by atoms with Crippen molar-refractivity contribution in [1.82, 2.24) is 0 Å². The molecule has 14 heavy (non-hydrogen) atoms. The van der Waals surface area contributed by atoms with Crippen LogP contribution in [0.3, 0.4) is 0 Å². The number of aryl methyl sites for hydroxylation is 1. The van der Waals surface area contributed by atoms with Gasteiger partial charge < -0.3 is 10.8 Å². The molecule has 1 rings (SSSR count). The second-order valence-electron chi connectivity index (χ2n) is 3.43. The zero-order valence-electron chi connectivity index (χ0n) is 8.33. The molecule has 0 saturated carbocycles. The number of hydrogen-bond donors (Lipinski definition) is 2. The molecule has 0 heterocycles. The molecule has 78 valence electrons. The van der Waals surface area contributed by atoms with Crippen LogP contribution in [0.25, 0.3) is 0 Å². The van der Waals surface area contributed by atoms with Crippen molar-refractivity contribution in [2.75, 3.05) is 11.6 Å². The maximum absolute atomic E-state index is 9.37. The van der Waals surface area contributed by atoms with Crippen molar-refractivity contribution in [3.63, 3.8) is 0 Å². The highest BCUT2D eigenvalue weighted by Crippen LogP contribution is 2.21. The van der Waals surface area contributed by atoms with E-state index in [-0.39, 0.29) is 0 Å². The van der Waals surface area contributed by atoms with E-state index in [1.54, 1.807) is 6.92 Å². The second-order valence-corrected chi connectivity index (χ2v) is 3.81. The number of hydrogen-bond acceptors (Lipinski definition) is 2. The van der Waals surface area contributed by atoms with Crippen molar-refractivity contribution in [1.29, 1.82) is 0 Å². The minimum atomic E-state index is -0.503. The van der Waals surface area contributed by atoms with Crippen LogP contribution in [0.2, 0.25) is 0 Å². The van der Waals surface area contributed by atoms with Crippen LogP contribution in [0, 0.1) is 0 Å². The Kier molecular flexibility index (Phi) is 4.23. The fourth-order valence-electron chi connectivity index (χ4n) is 1.43. The van der Waals surface area contributed by atoms with Crippen LogP contribution in [0.5, 0.6) is 0 Å². The Morgan fingerprint density at radius 1 is 1.50 bits per heavy atom. The number of aliphatic hydroxyl groups excluding tert-OH is 1. The third-order valence-corrected chi connectivity index (χ3v) is 2.47. The Labute approximate surface area is 89.7 Å². The molecular weight excluding hydrogens is 198 g/mol. The lowest BCUT2D eigenvalue weighted by Crippen LogP contribution is -1.99. The Morgan fingerprint density at radius 2 is 2.21 bits per heavy atom. The van der Waals surface area contributed by atoms with Gasteiger partial charge in [0.25, 0.3) is 0 Å². The standard InChI is InChI=1S/C11H16ClNO/c1-8(14)10-5-4-9(3-2-6-12)7-11(10)13/h4-5,7-8,14H,2-3,6,13H2,1H3/t8-/m1/s1. The summed E-state index contributed by atoms with van der Waals surface area (Å²) in [7, 11) is 0. The SMILES string of the molecule is C[C@@H](O)c1ccc(CCCCl)cc1N. The number of nitrogen functional groups attached to an aromatic ring is 1. The molecule has 0 aliphatic heterocycles. The van der Waals surface area contributed by atoms with E-state index >= 15 is 0 Å². The van der Waals surface area contributed by atoms with Gasteiger partial charge in [0.2, 0.25) is 0 Å². The molecule has 0 aliphatic carbocycles. The topological polar surface area (TPSA) is 46.2 Å². The molecular formula is C11H16ClNO. The maximum Gasteiger partial charge on any atom is 0.0781 e. The van der Waals surface area contributed by atoms with E-state index in [1.807, 2.05) is 18.2 Å². The fourth-order valence-corrected chi connectivity index (χ4v) is 1.56. The van der Waals surface area contributed by atoms with E-state index in [9.17, 15) is 5.11 Å². The van der Waals surface area contributed by atoms with E-state index < -0.39 is 6.10 Å². The van der Waals surface area contributed by atoms with E-state index in [1.165, 1.54) is 5.56 Å². The maximum atomic E-state index is 9.37. The lowest BCUT2D eigenvalue weighted by molar-refractivity contribution is 0.200. The number of halogens is 1. The quantitative estimate of drug-likeness (QED) is 0.596.